The molecular formula is C23H25N5O2S. The number of nitrogens with zero attached hydrogens (tertiary/aromatic N) is 4. The van der Waals surface area contributed by atoms with Crippen LogP contribution in [-0.4, -0.2) is 51.5 Å². The molecule has 5 rings (SSSR count). The summed E-state index contributed by atoms with van der Waals surface area (Å²) in [7, 11) is 2.09. The highest BCUT2D eigenvalue weighted by atomic mass is 32.1. The molecular weight excluding hydrogens is 410 g/mol. The zero-order chi connectivity index (χ0) is 21.5. The number of likely N-dealkylation sites (tertiary alicyclic amines) is 1. The lowest BCUT2D eigenvalue weighted by molar-refractivity contribution is -0.133. The first-order chi connectivity index (χ1) is 15.0. The van der Waals surface area contributed by atoms with Crippen molar-refractivity contribution in [2.75, 3.05) is 25.0 Å². The van der Waals surface area contributed by atoms with Crippen LogP contribution in [0.25, 0.3) is 21.3 Å². The number of aromatic amines is 1. The number of hydrogen-bond donors (Lipinski definition) is 1. The van der Waals surface area contributed by atoms with E-state index in [1.807, 2.05) is 53.7 Å². The average molecular weight is 436 g/mol. The van der Waals surface area contributed by atoms with Crippen molar-refractivity contribution in [2.24, 2.45) is 5.92 Å². The molecule has 1 aliphatic rings. The van der Waals surface area contributed by atoms with E-state index >= 15 is 0 Å². The van der Waals surface area contributed by atoms with E-state index in [1.54, 1.807) is 4.57 Å². The van der Waals surface area contributed by atoms with Crippen molar-refractivity contribution in [1.29, 1.82) is 0 Å². The van der Waals surface area contributed by atoms with Crippen LogP contribution in [-0.2, 0) is 11.3 Å². The Kier molecular flexibility index (Phi) is 5.02. The molecule has 1 N–H and O–H groups in total. The normalized spacial score (nSPS) is 19.2. The molecule has 0 unspecified atom stereocenters. The van der Waals surface area contributed by atoms with Crippen molar-refractivity contribution in [1.82, 2.24) is 19.4 Å². The van der Waals surface area contributed by atoms with Gasteiger partial charge in [0, 0.05) is 49.6 Å². The third-order valence-corrected chi connectivity index (χ3v) is 7.41. The predicted octanol–water partition coefficient (Wildman–Crippen LogP) is 3.31. The molecule has 1 saturated heterocycles. The molecule has 7 nitrogen and oxygen atoms in total. The van der Waals surface area contributed by atoms with Gasteiger partial charge in [0.2, 0.25) is 5.91 Å². The minimum Gasteiger partial charge on any atom is -0.369 e. The van der Waals surface area contributed by atoms with Crippen LogP contribution in [0.1, 0.15) is 13.3 Å². The van der Waals surface area contributed by atoms with Gasteiger partial charge in [0.15, 0.2) is 0 Å². The third kappa shape index (κ3) is 3.50. The van der Waals surface area contributed by atoms with Crippen molar-refractivity contribution in [3.8, 4) is 0 Å². The fraction of sp³-hybridized carbons (Fsp3) is 0.348. The van der Waals surface area contributed by atoms with Gasteiger partial charge in [-0.15, -0.1) is 0 Å². The summed E-state index contributed by atoms with van der Waals surface area (Å²) in [6, 6.07) is 11.9. The minimum atomic E-state index is -0.0831. The van der Waals surface area contributed by atoms with Crippen LogP contribution < -0.4 is 9.77 Å². The van der Waals surface area contributed by atoms with E-state index in [2.05, 4.69) is 28.8 Å². The zero-order valence-corrected chi connectivity index (χ0v) is 18.4. The van der Waals surface area contributed by atoms with E-state index in [1.165, 1.54) is 11.3 Å². The second-order valence-electron chi connectivity index (χ2n) is 8.28. The molecule has 4 heterocycles. The molecule has 1 fully saturated rings. The van der Waals surface area contributed by atoms with Crippen LogP contribution >= 0.6 is 11.3 Å². The van der Waals surface area contributed by atoms with Crippen molar-refractivity contribution in [2.45, 2.75) is 25.9 Å². The summed E-state index contributed by atoms with van der Waals surface area (Å²) in [4.78, 5) is 37.3. The van der Waals surface area contributed by atoms with E-state index in [9.17, 15) is 9.59 Å². The quantitative estimate of drug-likeness (QED) is 0.534. The summed E-state index contributed by atoms with van der Waals surface area (Å²) in [6.07, 6.45) is 4.65. The number of hydrogen-bond acceptors (Lipinski definition) is 5. The Morgan fingerprint density at radius 1 is 1.29 bits per heavy atom. The maximum Gasteiger partial charge on any atom is 0.308 e. The molecule has 1 aromatic carbocycles. The lowest BCUT2D eigenvalue weighted by Gasteiger charge is -2.42. The molecule has 2 atom stereocenters. The smallest absolute Gasteiger partial charge is 0.308 e. The SMILES string of the molecule is C[C@@H]1CCN(C(=O)Cn2c(=O)sc3ccccc32)C[C@@H]1N(C)c1ccnc2[nH]ccc12. The number of nitrogens with one attached hydrogen (secondary N) is 1. The Labute approximate surface area is 183 Å². The summed E-state index contributed by atoms with van der Waals surface area (Å²) in [5.41, 5.74) is 2.80. The fourth-order valence-electron chi connectivity index (χ4n) is 4.61. The van der Waals surface area contributed by atoms with Crippen LogP contribution in [0.5, 0.6) is 0 Å². The maximum absolute atomic E-state index is 13.2. The van der Waals surface area contributed by atoms with Crippen molar-refractivity contribution in [3.63, 3.8) is 0 Å². The standard InChI is InChI=1S/C23H25N5O2S/c1-15-9-12-27(21(29)14-28-18-5-3-4-6-20(18)31-23(28)30)13-19(15)26(2)17-8-11-25-22-16(17)7-10-24-22/h3-8,10-11,15,19H,9,12-14H2,1-2H3,(H,24,25)/t15-,19+/m1/s1. The van der Waals surface area contributed by atoms with Crippen molar-refractivity contribution < 1.29 is 4.79 Å². The molecule has 31 heavy (non-hydrogen) atoms. The maximum atomic E-state index is 13.2. The van der Waals surface area contributed by atoms with Crippen LogP contribution in [0.2, 0.25) is 0 Å². The van der Waals surface area contributed by atoms with Gasteiger partial charge in [0.05, 0.1) is 10.2 Å². The molecule has 3 aromatic heterocycles. The molecule has 1 aliphatic heterocycles. The number of H-pyrrole nitrogens is 1. The minimum absolute atomic E-state index is 0.00234. The number of pyridine rings is 1. The Bertz CT molecular complexity index is 1310. The van der Waals surface area contributed by atoms with Crippen LogP contribution in [0, 0.1) is 5.92 Å². The number of carbonyl (C=O) groups excluding carboxylic acids is 1. The molecule has 0 radical (unpaired) electrons. The molecule has 8 heteroatoms. The second-order valence-corrected chi connectivity index (χ2v) is 9.27. The average Bonchev–Trinajstić information content (AvgIpc) is 3.38. The molecule has 160 valence electrons. The van der Waals surface area contributed by atoms with Gasteiger partial charge >= 0.3 is 4.87 Å². The number of aromatic nitrogens is 3. The highest BCUT2D eigenvalue weighted by molar-refractivity contribution is 7.16. The highest BCUT2D eigenvalue weighted by Crippen LogP contribution is 2.30. The summed E-state index contributed by atoms with van der Waals surface area (Å²) < 4.78 is 2.52. The second kappa shape index (κ2) is 7.85. The Morgan fingerprint density at radius 3 is 3.00 bits per heavy atom. The first-order valence-electron chi connectivity index (χ1n) is 10.5. The Morgan fingerprint density at radius 2 is 2.13 bits per heavy atom. The number of carbonyl (C=O) groups is 1. The number of fused-ring (bicyclic) bond motifs is 2. The number of likely N-dealkylation sites (N-methyl/N-ethyl adjacent to an activating group) is 1. The summed E-state index contributed by atoms with van der Waals surface area (Å²) in [5.74, 6) is 0.443. The first kappa shape index (κ1) is 19.8. The number of para-hydroxylation sites is 1. The number of thiazole rings is 1. The summed E-state index contributed by atoms with van der Waals surface area (Å²) in [5, 5.41) is 1.08. The lowest BCUT2D eigenvalue weighted by Crippen LogP contribution is -2.53. The number of anilines is 1. The molecule has 0 aliphatic carbocycles. The molecule has 4 aromatic rings. The van der Waals surface area contributed by atoms with Crippen molar-refractivity contribution >= 4 is 44.2 Å². The lowest BCUT2D eigenvalue weighted by atomic mass is 9.91. The zero-order valence-electron chi connectivity index (χ0n) is 17.6. The Balaban J connectivity index is 1.37. The first-order valence-corrected chi connectivity index (χ1v) is 11.4. The van der Waals surface area contributed by atoms with Crippen LogP contribution in [0.4, 0.5) is 5.69 Å². The predicted molar refractivity (Wildman–Crippen MR) is 125 cm³/mol. The van der Waals surface area contributed by atoms with E-state index in [0.29, 0.717) is 12.5 Å². The molecule has 1 amide bonds. The number of rotatable bonds is 4. The number of piperidine rings is 1. The molecule has 0 bridgehead atoms. The number of amides is 1. The largest absolute Gasteiger partial charge is 0.369 e. The van der Waals surface area contributed by atoms with Gasteiger partial charge < -0.3 is 14.8 Å². The number of benzene rings is 1. The fourth-order valence-corrected chi connectivity index (χ4v) is 5.50. The van der Waals surface area contributed by atoms with Crippen LogP contribution in [0.3, 0.4) is 0 Å². The van der Waals surface area contributed by atoms with Gasteiger partial charge in [-0.25, -0.2) is 4.98 Å². The van der Waals surface area contributed by atoms with E-state index in [-0.39, 0.29) is 23.4 Å². The van der Waals surface area contributed by atoms with E-state index in [0.717, 1.165) is 39.9 Å². The van der Waals surface area contributed by atoms with E-state index in [4.69, 9.17) is 0 Å². The van der Waals surface area contributed by atoms with Crippen molar-refractivity contribution in [3.05, 3.63) is 58.5 Å². The van der Waals surface area contributed by atoms with Gasteiger partial charge in [-0.2, -0.15) is 0 Å². The van der Waals surface area contributed by atoms with Crippen LogP contribution in [0.15, 0.2) is 53.6 Å². The summed E-state index contributed by atoms with van der Waals surface area (Å²) in [6.45, 7) is 3.69. The van der Waals surface area contributed by atoms with Gasteiger partial charge in [-0.3, -0.25) is 14.2 Å². The molecule has 0 saturated carbocycles. The Hall–Kier alpha value is -3.13. The summed E-state index contributed by atoms with van der Waals surface area (Å²) >= 11 is 1.19. The van der Waals surface area contributed by atoms with Gasteiger partial charge in [0.25, 0.3) is 0 Å². The topological polar surface area (TPSA) is 74.2 Å². The van der Waals surface area contributed by atoms with Gasteiger partial charge in [0.1, 0.15) is 12.2 Å². The van der Waals surface area contributed by atoms with Gasteiger partial charge in [-0.1, -0.05) is 30.4 Å². The third-order valence-electron chi connectivity index (χ3n) is 6.45. The monoisotopic (exact) mass is 435 g/mol. The highest BCUT2D eigenvalue weighted by Gasteiger charge is 2.32. The molecule has 0 spiro atoms. The van der Waals surface area contributed by atoms with E-state index < -0.39 is 0 Å². The van der Waals surface area contributed by atoms with Gasteiger partial charge in [-0.05, 0) is 36.6 Å².